The number of hydrogen-bond acceptors (Lipinski definition) is 5. The molecular formula is C16H18FN5O. The molecule has 0 spiro atoms. The van der Waals surface area contributed by atoms with Crippen molar-refractivity contribution in [2.45, 2.75) is 19.1 Å². The average Bonchev–Trinajstić information content (AvgIpc) is 2.99. The van der Waals surface area contributed by atoms with Gasteiger partial charge in [0.15, 0.2) is 0 Å². The second-order valence-corrected chi connectivity index (χ2v) is 5.33. The number of para-hydroxylation sites is 1. The van der Waals surface area contributed by atoms with E-state index in [0.29, 0.717) is 11.3 Å². The van der Waals surface area contributed by atoms with Crippen LogP contribution in [0.1, 0.15) is 5.56 Å². The first kappa shape index (κ1) is 15.4. The Balaban J connectivity index is 1.68. The summed E-state index contributed by atoms with van der Waals surface area (Å²) in [7, 11) is 0. The first-order valence-corrected chi connectivity index (χ1v) is 7.28. The molecule has 1 saturated heterocycles. The van der Waals surface area contributed by atoms with Crippen molar-refractivity contribution < 1.29 is 9.18 Å². The summed E-state index contributed by atoms with van der Waals surface area (Å²) in [6, 6.07) is 13.3. The van der Waals surface area contributed by atoms with Crippen LogP contribution in [0.3, 0.4) is 0 Å². The van der Waals surface area contributed by atoms with Crippen molar-refractivity contribution in [3.05, 3.63) is 59.9 Å². The minimum Gasteiger partial charge on any atom is -0.367 e. The highest BCUT2D eigenvalue weighted by Gasteiger charge is 2.32. The van der Waals surface area contributed by atoms with Crippen molar-refractivity contribution in [1.29, 1.82) is 0 Å². The summed E-state index contributed by atoms with van der Waals surface area (Å²) in [4.78, 5) is 12.5. The van der Waals surface area contributed by atoms with E-state index in [2.05, 4.69) is 27.0 Å². The molecule has 2 atom stereocenters. The van der Waals surface area contributed by atoms with Gasteiger partial charge in [-0.15, -0.1) is 0 Å². The predicted molar refractivity (Wildman–Crippen MR) is 86.8 cm³/mol. The molecule has 1 aliphatic heterocycles. The molecular weight excluding hydrogens is 297 g/mol. The number of halogens is 1. The van der Waals surface area contributed by atoms with Crippen LogP contribution in [0.25, 0.3) is 0 Å². The van der Waals surface area contributed by atoms with E-state index >= 15 is 0 Å². The molecule has 1 aliphatic rings. The molecule has 3 rings (SSSR count). The van der Waals surface area contributed by atoms with Gasteiger partial charge in [-0.1, -0.05) is 18.2 Å². The molecule has 1 heterocycles. The van der Waals surface area contributed by atoms with E-state index in [1.54, 1.807) is 13.0 Å². The normalized spacial score (nSPS) is 20.3. The van der Waals surface area contributed by atoms with Gasteiger partial charge in [-0.3, -0.25) is 4.79 Å². The third-order valence-electron chi connectivity index (χ3n) is 3.61. The van der Waals surface area contributed by atoms with Crippen molar-refractivity contribution in [3.8, 4) is 0 Å². The van der Waals surface area contributed by atoms with Gasteiger partial charge < -0.3 is 10.6 Å². The van der Waals surface area contributed by atoms with E-state index in [1.807, 2.05) is 30.3 Å². The van der Waals surface area contributed by atoms with Crippen LogP contribution in [0.15, 0.2) is 48.5 Å². The Morgan fingerprint density at radius 2 is 1.91 bits per heavy atom. The standard InChI is InChI=1S/C16H18FN5O/c1-10-9-11(17)7-8-13(10)19-16(23)14-15(21-22-20-14)18-12-5-3-2-4-6-12/h2-9,14-15,18,20-22H,1H3,(H,19,23). The number of hydrazine groups is 2. The van der Waals surface area contributed by atoms with Crippen molar-refractivity contribution >= 4 is 17.3 Å². The third-order valence-corrected chi connectivity index (χ3v) is 3.61. The van der Waals surface area contributed by atoms with Crippen molar-refractivity contribution in [3.63, 3.8) is 0 Å². The first-order valence-electron chi connectivity index (χ1n) is 7.28. The zero-order valence-corrected chi connectivity index (χ0v) is 12.6. The van der Waals surface area contributed by atoms with Gasteiger partial charge in [0.2, 0.25) is 5.91 Å². The molecule has 2 aromatic rings. The molecule has 5 N–H and O–H groups in total. The fraction of sp³-hybridized carbons (Fsp3) is 0.188. The number of hydrogen-bond donors (Lipinski definition) is 5. The van der Waals surface area contributed by atoms with Crippen LogP contribution < -0.4 is 27.0 Å². The molecule has 0 aliphatic carbocycles. The molecule has 1 fully saturated rings. The highest BCUT2D eigenvalue weighted by atomic mass is 19.1. The highest BCUT2D eigenvalue weighted by Crippen LogP contribution is 2.17. The van der Waals surface area contributed by atoms with E-state index in [9.17, 15) is 9.18 Å². The van der Waals surface area contributed by atoms with Gasteiger partial charge in [0, 0.05) is 11.4 Å². The van der Waals surface area contributed by atoms with Crippen molar-refractivity contribution in [1.82, 2.24) is 16.4 Å². The van der Waals surface area contributed by atoms with E-state index < -0.39 is 6.04 Å². The Hall–Kier alpha value is -2.48. The lowest BCUT2D eigenvalue weighted by molar-refractivity contribution is -0.118. The predicted octanol–water partition coefficient (Wildman–Crippen LogP) is 1.49. The lowest BCUT2D eigenvalue weighted by atomic mass is 10.1. The largest absolute Gasteiger partial charge is 0.367 e. The van der Waals surface area contributed by atoms with Gasteiger partial charge in [-0.05, 0) is 42.8 Å². The van der Waals surface area contributed by atoms with Gasteiger partial charge in [0.1, 0.15) is 18.0 Å². The monoisotopic (exact) mass is 315 g/mol. The summed E-state index contributed by atoms with van der Waals surface area (Å²) in [5.74, 6) is -0.558. The number of anilines is 2. The molecule has 2 unspecified atom stereocenters. The summed E-state index contributed by atoms with van der Waals surface area (Å²) in [5, 5.41) is 6.03. The Morgan fingerprint density at radius 1 is 1.13 bits per heavy atom. The Labute approximate surface area is 133 Å². The van der Waals surface area contributed by atoms with Gasteiger partial charge in [0.05, 0.1) is 0 Å². The van der Waals surface area contributed by atoms with Crippen LogP contribution in [0.2, 0.25) is 0 Å². The molecule has 0 aromatic heterocycles. The Morgan fingerprint density at radius 3 is 2.65 bits per heavy atom. The Kier molecular flexibility index (Phi) is 4.52. The van der Waals surface area contributed by atoms with Crippen LogP contribution >= 0.6 is 0 Å². The third kappa shape index (κ3) is 3.65. The number of benzene rings is 2. The fourth-order valence-corrected chi connectivity index (χ4v) is 2.39. The van der Waals surface area contributed by atoms with Gasteiger partial charge in [0.25, 0.3) is 0 Å². The lowest BCUT2D eigenvalue weighted by Gasteiger charge is -2.20. The van der Waals surface area contributed by atoms with E-state index in [1.165, 1.54) is 12.1 Å². The molecule has 23 heavy (non-hydrogen) atoms. The highest BCUT2D eigenvalue weighted by molar-refractivity contribution is 5.96. The average molecular weight is 315 g/mol. The van der Waals surface area contributed by atoms with Crippen LogP contribution in [0.4, 0.5) is 15.8 Å². The summed E-state index contributed by atoms with van der Waals surface area (Å²) in [6.07, 6.45) is -0.335. The summed E-state index contributed by atoms with van der Waals surface area (Å²) >= 11 is 0. The van der Waals surface area contributed by atoms with E-state index in [0.717, 1.165) is 5.69 Å². The lowest BCUT2D eigenvalue weighted by Crippen LogP contribution is -2.48. The summed E-state index contributed by atoms with van der Waals surface area (Å²) in [5.41, 5.74) is 10.7. The SMILES string of the molecule is Cc1cc(F)ccc1NC(=O)C1NNNC1Nc1ccccc1. The minimum atomic E-state index is -0.542. The zero-order chi connectivity index (χ0) is 16.2. The van der Waals surface area contributed by atoms with E-state index in [-0.39, 0.29) is 17.9 Å². The first-order chi connectivity index (χ1) is 11.1. The molecule has 2 aromatic carbocycles. The summed E-state index contributed by atoms with van der Waals surface area (Å²) in [6.45, 7) is 1.75. The maximum Gasteiger partial charge on any atom is 0.246 e. The summed E-state index contributed by atoms with van der Waals surface area (Å²) < 4.78 is 13.1. The van der Waals surface area contributed by atoms with Crippen molar-refractivity contribution in [2.24, 2.45) is 0 Å². The van der Waals surface area contributed by atoms with Gasteiger partial charge >= 0.3 is 0 Å². The number of carbonyl (C=O) groups is 1. The maximum absolute atomic E-state index is 13.1. The van der Waals surface area contributed by atoms with Crippen molar-refractivity contribution in [2.75, 3.05) is 10.6 Å². The number of amides is 1. The fourth-order valence-electron chi connectivity index (χ4n) is 2.39. The molecule has 6 nitrogen and oxygen atoms in total. The quantitative estimate of drug-likeness (QED) is 0.591. The molecule has 0 radical (unpaired) electrons. The molecule has 0 bridgehead atoms. The Bertz CT molecular complexity index is 694. The second-order valence-electron chi connectivity index (χ2n) is 5.33. The number of carbonyl (C=O) groups excluding carboxylic acids is 1. The maximum atomic E-state index is 13.1. The topological polar surface area (TPSA) is 77.2 Å². The molecule has 0 saturated carbocycles. The second kappa shape index (κ2) is 6.74. The van der Waals surface area contributed by atoms with E-state index in [4.69, 9.17) is 0 Å². The zero-order valence-electron chi connectivity index (χ0n) is 12.6. The smallest absolute Gasteiger partial charge is 0.246 e. The van der Waals surface area contributed by atoms with Crippen LogP contribution in [-0.4, -0.2) is 18.1 Å². The van der Waals surface area contributed by atoms with Crippen LogP contribution in [-0.2, 0) is 4.79 Å². The molecule has 120 valence electrons. The number of aryl methyl sites for hydroxylation is 1. The van der Waals surface area contributed by atoms with Crippen LogP contribution in [0.5, 0.6) is 0 Å². The van der Waals surface area contributed by atoms with Gasteiger partial charge in [-0.25, -0.2) is 15.2 Å². The van der Waals surface area contributed by atoms with Crippen LogP contribution in [0, 0.1) is 12.7 Å². The van der Waals surface area contributed by atoms with Gasteiger partial charge in [-0.2, -0.15) is 5.53 Å². The number of nitrogens with one attached hydrogen (secondary N) is 5. The minimum absolute atomic E-state index is 0.231. The molecule has 1 amide bonds. The number of rotatable bonds is 4. The molecule has 7 heteroatoms.